The average Bonchev–Trinajstić information content (AvgIpc) is 2.96. The molecule has 0 aliphatic carbocycles. The van der Waals surface area contributed by atoms with Gasteiger partial charge in [0.05, 0.1) is 24.9 Å². The molecule has 0 aliphatic rings. The van der Waals surface area contributed by atoms with Crippen LogP contribution in [0.1, 0.15) is 12.1 Å². The lowest BCUT2D eigenvalue weighted by molar-refractivity contribution is -0.121. The molecule has 0 aliphatic heterocycles. The van der Waals surface area contributed by atoms with Crippen molar-refractivity contribution >= 4 is 17.1 Å². The van der Waals surface area contributed by atoms with Crippen LogP contribution < -0.4 is 10.9 Å². The molecule has 112 valence electrons. The maximum atomic E-state index is 11.9. The van der Waals surface area contributed by atoms with Gasteiger partial charge in [-0.15, -0.1) is 0 Å². The van der Waals surface area contributed by atoms with E-state index in [9.17, 15) is 9.59 Å². The van der Waals surface area contributed by atoms with Crippen molar-refractivity contribution in [1.29, 1.82) is 0 Å². The Balaban J connectivity index is 1.58. The molecule has 0 aromatic carbocycles. The first kappa shape index (κ1) is 13.9. The number of nitrogens with zero attached hydrogens (tertiary/aromatic N) is 4. The van der Waals surface area contributed by atoms with Crippen LogP contribution in [0.15, 0.2) is 41.8 Å². The third-order valence-corrected chi connectivity index (χ3v) is 3.18. The second-order valence-corrected chi connectivity index (χ2v) is 4.69. The van der Waals surface area contributed by atoms with Crippen LogP contribution in [-0.4, -0.2) is 30.4 Å². The number of aryl methyl sites for hydroxylation is 1. The van der Waals surface area contributed by atoms with Crippen LogP contribution >= 0.6 is 0 Å². The zero-order chi connectivity index (χ0) is 15.4. The van der Waals surface area contributed by atoms with E-state index in [0.29, 0.717) is 18.7 Å². The van der Waals surface area contributed by atoms with Crippen molar-refractivity contribution in [2.45, 2.75) is 19.5 Å². The van der Waals surface area contributed by atoms with Gasteiger partial charge in [0.25, 0.3) is 5.56 Å². The smallest absolute Gasteiger partial charge is 0.278 e. The Bertz CT molecular complexity index is 839. The number of nitrogens with one attached hydrogen (secondary N) is 2. The summed E-state index contributed by atoms with van der Waals surface area (Å²) in [6.45, 7) is 0.795. The van der Waals surface area contributed by atoms with Gasteiger partial charge in [0.15, 0.2) is 11.2 Å². The van der Waals surface area contributed by atoms with Crippen LogP contribution in [0.3, 0.4) is 0 Å². The van der Waals surface area contributed by atoms with Crippen LogP contribution in [0.25, 0.3) is 11.2 Å². The fourth-order valence-electron chi connectivity index (χ4n) is 2.06. The number of aromatic nitrogens is 5. The van der Waals surface area contributed by atoms with Gasteiger partial charge in [-0.1, -0.05) is 6.07 Å². The van der Waals surface area contributed by atoms with Crippen LogP contribution in [-0.2, 0) is 17.9 Å². The number of rotatable bonds is 5. The van der Waals surface area contributed by atoms with E-state index in [0.717, 1.165) is 5.69 Å². The fourth-order valence-corrected chi connectivity index (χ4v) is 2.06. The number of hydrogen-bond donors (Lipinski definition) is 2. The number of carbonyl (C=O) groups excluding carboxylic acids is 1. The molecule has 8 nitrogen and oxygen atoms in total. The van der Waals surface area contributed by atoms with Crippen molar-refractivity contribution < 1.29 is 4.79 Å². The molecule has 0 saturated carbocycles. The van der Waals surface area contributed by atoms with Gasteiger partial charge < -0.3 is 14.9 Å². The first-order chi connectivity index (χ1) is 10.7. The van der Waals surface area contributed by atoms with E-state index in [-0.39, 0.29) is 23.4 Å². The molecular formula is C14H14N6O2. The molecule has 3 rings (SSSR count). The summed E-state index contributed by atoms with van der Waals surface area (Å²) in [6, 6.07) is 5.54. The quantitative estimate of drug-likeness (QED) is 0.701. The highest BCUT2D eigenvalue weighted by Gasteiger charge is 2.08. The number of imidazole rings is 1. The Morgan fingerprint density at radius 3 is 3.00 bits per heavy atom. The lowest BCUT2D eigenvalue weighted by atomic mass is 10.3. The maximum Gasteiger partial charge on any atom is 0.278 e. The molecule has 0 radical (unpaired) electrons. The van der Waals surface area contributed by atoms with E-state index in [2.05, 4.69) is 25.3 Å². The minimum Gasteiger partial charge on any atom is -0.350 e. The fraction of sp³-hybridized carbons (Fsp3) is 0.214. The van der Waals surface area contributed by atoms with Crippen LogP contribution in [0.4, 0.5) is 0 Å². The number of carbonyl (C=O) groups is 1. The standard InChI is InChI=1S/C14H14N6O2/c21-11(16-7-10-3-1-2-5-15-10)4-6-20-9-19-12-13(20)17-8-18-14(12)22/h1-3,5,8-9H,4,6-7H2,(H,16,21)(H,17,18,22). The molecule has 3 heterocycles. The number of amides is 1. The molecular weight excluding hydrogens is 284 g/mol. The maximum absolute atomic E-state index is 11.9. The van der Waals surface area contributed by atoms with E-state index in [4.69, 9.17) is 0 Å². The first-order valence-corrected chi connectivity index (χ1v) is 6.79. The monoisotopic (exact) mass is 298 g/mol. The van der Waals surface area contributed by atoms with Crippen molar-refractivity contribution in [1.82, 2.24) is 29.8 Å². The number of hydrogen-bond acceptors (Lipinski definition) is 5. The summed E-state index contributed by atoms with van der Waals surface area (Å²) >= 11 is 0. The largest absolute Gasteiger partial charge is 0.350 e. The van der Waals surface area contributed by atoms with E-state index in [1.54, 1.807) is 10.8 Å². The zero-order valence-corrected chi connectivity index (χ0v) is 11.7. The normalized spacial score (nSPS) is 10.7. The number of fused-ring (bicyclic) bond motifs is 1. The van der Waals surface area contributed by atoms with Crippen molar-refractivity contribution in [2.75, 3.05) is 0 Å². The van der Waals surface area contributed by atoms with Crippen molar-refractivity contribution in [3.05, 3.63) is 53.1 Å². The Morgan fingerprint density at radius 1 is 1.27 bits per heavy atom. The average molecular weight is 298 g/mol. The number of pyridine rings is 1. The second kappa shape index (κ2) is 6.17. The first-order valence-electron chi connectivity index (χ1n) is 6.79. The van der Waals surface area contributed by atoms with Gasteiger partial charge in [-0.25, -0.2) is 9.97 Å². The second-order valence-electron chi connectivity index (χ2n) is 4.69. The minimum atomic E-state index is -0.289. The summed E-state index contributed by atoms with van der Waals surface area (Å²) in [4.78, 5) is 38.1. The van der Waals surface area contributed by atoms with Gasteiger partial charge in [0.1, 0.15) is 0 Å². The summed E-state index contributed by atoms with van der Waals surface area (Å²) in [6.07, 6.45) is 4.79. The molecule has 0 unspecified atom stereocenters. The predicted molar refractivity (Wildman–Crippen MR) is 78.8 cm³/mol. The molecule has 3 aromatic heterocycles. The highest BCUT2D eigenvalue weighted by atomic mass is 16.1. The molecule has 8 heteroatoms. The van der Waals surface area contributed by atoms with E-state index >= 15 is 0 Å². The van der Waals surface area contributed by atoms with Crippen LogP contribution in [0, 0.1) is 0 Å². The molecule has 0 spiro atoms. The highest BCUT2D eigenvalue weighted by molar-refractivity contribution is 5.76. The SMILES string of the molecule is O=C(CCn1cnc2c(=O)[nH]cnc21)NCc1ccccn1. The molecule has 0 atom stereocenters. The minimum absolute atomic E-state index is 0.0997. The molecule has 2 N–H and O–H groups in total. The van der Waals surface area contributed by atoms with Gasteiger partial charge in [0, 0.05) is 19.2 Å². The summed E-state index contributed by atoms with van der Waals surface area (Å²) in [5.74, 6) is -0.0997. The zero-order valence-electron chi connectivity index (χ0n) is 11.7. The van der Waals surface area contributed by atoms with Crippen molar-refractivity contribution in [3.63, 3.8) is 0 Å². The summed E-state index contributed by atoms with van der Waals surface area (Å²) in [7, 11) is 0. The summed E-state index contributed by atoms with van der Waals surface area (Å²) < 4.78 is 1.69. The lowest BCUT2D eigenvalue weighted by Gasteiger charge is -2.05. The van der Waals surface area contributed by atoms with Crippen molar-refractivity contribution in [2.24, 2.45) is 0 Å². The van der Waals surface area contributed by atoms with Gasteiger partial charge in [-0.2, -0.15) is 0 Å². The molecule has 0 saturated heterocycles. The summed E-state index contributed by atoms with van der Waals surface area (Å²) in [5, 5.41) is 2.80. The highest BCUT2D eigenvalue weighted by Crippen LogP contribution is 2.04. The Kier molecular flexibility index (Phi) is 3.90. The predicted octanol–water partition coefficient (Wildman–Crippen LogP) is 0.221. The molecule has 22 heavy (non-hydrogen) atoms. The lowest BCUT2D eigenvalue weighted by Crippen LogP contribution is -2.24. The Hall–Kier alpha value is -3.03. The molecule has 1 amide bonds. The number of aromatic amines is 1. The summed E-state index contributed by atoms with van der Waals surface area (Å²) in [5.41, 5.74) is 1.26. The van der Waals surface area contributed by atoms with E-state index in [1.807, 2.05) is 18.2 Å². The van der Waals surface area contributed by atoms with E-state index < -0.39 is 0 Å². The van der Waals surface area contributed by atoms with Crippen LogP contribution in [0.5, 0.6) is 0 Å². The topological polar surface area (TPSA) is 106 Å². The van der Waals surface area contributed by atoms with Gasteiger partial charge in [-0.05, 0) is 12.1 Å². The molecule has 0 bridgehead atoms. The van der Waals surface area contributed by atoms with Gasteiger partial charge in [0.2, 0.25) is 5.91 Å². The third-order valence-electron chi connectivity index (χ3n) is 3.18. The Morgan fingerprint density at radius 2 is 2.18 bits per heavy atom. The molecule has 3 aromatic rings. The van der Waals surface area contributed by atoms with Crippen LogP contribution in [0.2, 0.25) is 0 Å². The number of H-pyrrole nitrogens is 1. The van der Waals surface area contributed by atoms with Gasteiger partial charge in [-0.3, -0.25) is 14.6 Å². The molecule has 0 fully saturated rings. The third kappa shape index (κ3) is 3.00. The van der Waals surface area contributed by atoms with Crippen molar-refractivity contribution in [3.8, 4) is 0 Å². The Labute approximate surface area is 125 Å². The van der Waals surface area contributed by atoms with E-state index in [1.165, 1.54) is 12.7 Å². The van der Waals surface area contributed by atoms with Gasteiger partial charge >= 0.3 is 0 Å².